The molecule has 258 valence electrons. The van der Waals surface area contributed by atoms with Crippen molar-refractivity contribution < 1.29 is 56.3 Å². The number of amides is 3. The molecule has 2 heterocycles. The Hall–Kier alpha value is -4.80. The van der Waals surface area contributed by atoms with Crippen molar-refractivity contribution in [3.8, 4) is 11.5 Å². The number of carbonyl (C=O) groups excluding carboxylic acids is 2. The number of carboxylic acids is 1. The Morgan fingerprint density at radius 1 is 1.04 bits per heavy atom. The second kappa shape index (κ2) is 15.4. The van der Waals surface area contributed by atoms with Gasteiger partial charge in [0.25, 0.3) is 16.0 Å². The van der Waals surface area contributed by atoms with Gasteiger partial charge in [-0.25, -0.2) is 14.6 Å². The topological polar surface area (TPSA) is 211 Å². The Morgan fingerprint density at radius 3 is 2.38 bits per heavy atom. The van der Waals surface area contributed by atoms with Gasteiger partial charge in [0.2, 0.25) is 0 Å². The summed E-state index contributed by atoms with van der Waals surface area (Å²) in [6, 6.07) is 9.69. The van der Waals surface area contributed by atoms with Crippen molar-refractivity contribution in [2.45, 2.75) is 75.5 Å². The normalized spacial score (nSPS) is 19.7. The average Bonchev–Trinajstić information content (AvgIpc) is 3.64. The van der Waals surface area contributed by atoms with Gasteiger partial charge in [-0.2, -0.15) is 17.7 Å². The first-order chi connectivity index (χ1) is 22.8. The molecule has 1 unspecified atom stereocenters. The number of nitrogens with zero attached hydrogens (tertiary/aromatic N) is 3. The smallest absolute Gasteiger partial charge is 0.484 e. The number of carbonyl (C=O) groups is 4. The Labute approximate surface area is 277 Å². The van der Waals surface area contributed by atoms with Crippen LogP contribution in [0.15, 0.2) is 66.0 Å². The summed E-state index contributed by atoms with van der Waals surface area (Å²) in [5.74, 6) is -1.85. The van der Waals surface area contributed by atoms with Gasteiger partial charge in [-0.1, -0.05) is 44.7 Å². The summed E-state index contributed by atoms with van der Waals surface area (Å²) >= 11 is 0. The summed E-state index contributed by atoms with van der Waals surface area (Å²) in [5.41, 5.74) is -0.309. The van der Waals surface area contributed by atoms with Crippen molar-refractivity contribution in [2.75, 3.05) is 18.5 Å². The van der Waals surface area contributed by atoms with E-state index in [2.05, 4.69) is 10.3 Å². The van der Waals surface area contributed by atoms with Crippen LogP contribution in [-0.4, -0.2) is 86.4 Å². The van der Waals surface area contributed by atoms with Crippen molar-refractivity contribution in [2.24, 2.45) is 0 Å². The molecule has 2 aromatic carbocycles. The molecule has 4 rings (SSSR count). The molecule has 3 amide bonds. The lowest BCUT2D eigenvalue weighted by Crippen LogP contribution is -2.61. The molecule has 1 aromatic heterocycles. The van der Waals surface area contributed by atoms with Crippen LogP contribution in [-0.2, 0) is 19.7 Å². The maximum absolute atomic E-state index is 14.4. The van der Waals surface area contributed by atoms with Crippen LogP contribution in [0.25, 0.3) is 0 Å². The van der Waals surface area contributed by atoms with Gasteiger partial charge in [-0.3, -0.25) is 9.35 Å². The summed E-state index contributed by atoms with van der Waals surface area (Å²) in [6.45, 7) is 3.07. The molecule has 0 radical (unpaired) electrons. The summed E-state index contributed by atoms with van der Waals surface area (Å²) in [7, 11) is -4.69. The number of rotatable bonds is 15. The number of carboxylic acid groups (broad SMARTS) is 2. The number of nitrogens with one attached hydrogen (secondary N) is 1. The van der Waals surface area contributed by atoms with E-state index in [0.29, 0.717) is 24.3 Å². The van der Waals surface area contributed by atoms with Gasteiger partial charge < -0.3 is 29.6 Å². The van der Waals surface area contributed by atoms with E-state index in [-0.39, 0.29) is 24.3 Å². The highest BCUT2D eigenvalue weighted by atomic mass is 32.2. The summed E-state index contributed by atoms with van der Waals surface area (Å²) < 4.78 is 44.9. The highest BCUT2D eigenvalue weighted by molar-refractivity contribution is 7.86. The SMILES string of the molecule is CCCCCCC(C(=O)[N@@+]1(C(=O)O)C[C@H](Oc2ccc(OCC(=O)O)cc2)C[C@H]1C)n1cnc(NC(=O)c2ccccc2S(=O)(=O)O)c1. The quantitative estimate of drug-likeness (QED) is 0.0980. The van der Waals surface area contributed by atoms with Crippen molar-refractivity contribution >= 4 is 39.8 Å². The number of aliphatic carboxylic acids is 1. The second-order valence-electron chi connectivity index (χ2n) is 11.6. The highest BCUT2D eigenvalue weighted by Gasteiger charge is 2.59. The third-order valence-corrected chi connectivity index (χ3v) is 9.21. The van der Waals surface area contributed by atoms with Crippen LogP contribution in [0.1, 0.15) is 68.8 Å². The maximum Gasteiger partial charge on any atom is 0.521 e. The molecule has 4 N–H and O–H groups in total. The van der Waals surface area contributed by atoms with Gasteiger partial charge in [-0.15, -0.1) is 0 Å². The van der Waals surface area contributed by atoms with Crippen molar-refractivity contribution in [3.05, 3.63) is 66.6 Å². The Balaban J connectivity index is 1.56. The number of benzene rings is 2. The van der Waals surface area contributed by atoms with Gasteiger partial charge in [-0.05, 0) is 49.7 Å². The number of anilines is 1. The lowest BCUT2D eigenvalue weighted by atomic mass is 10.0. The summed E-state index contributed by atoms with van der Waals surface area (Å²) in [4.78, 5) is 54.7. The zero-order valence-electron chi connectivity index (χ0n) is 26.5. The average molecular weight is 688 g/mol. The fourth-order valence-electron chi connectivity index (χ4n) is 5.91. The van der Waals surface area contributed by atoms with Gasteiger partial charge in [0.05, 0.1) is 11.9 Å². The van der Waals surface area contributed by atoms with Crippen molar-refractivity contribution in [1.29, 1.82) is 0 Å². The summed E-state index contributed by atoms with van der Waals surface area (Å²) in [5, 5.41) is 21.8. The second-order valence-corrected chi connectivity index (χ2v) is 13.0. The minimum atomic E-state index is -4.69. The van der Waals surface area contributed by atoms with E-state index in [1.165, 1.54) is 47.4 Å². The lowest BCUT2D eigenvalue weighted by Gasteiger charge is -2.33. The minimum Gasteiger partial charge on any atom is -0.484 e. The molecule has 48 heavy (non-hydrogen) atoms. The zero-order chi connectivity index (χ0) is 35.1. The Morgan fingerprint density at radius 2 is 1.73 bits per heavy atom. The van der Waals surface area contributed by atoms with Crippen LogP contribution < -0.4 is 14.8 Å². The fraction of sp³-hybridized carbons (Fsp3) is 0.406. The zero-order valence-corrected chi connectivity index (χ0v) is 27.3. The molecule has 0 bridgehead atoms. The predicted octanol–water partition coefficient (Wildman–Crippen LogP) is 4.62. The van der Waals surface area contributed by atoms with Crippen LogP contribution in [0.5, 0.6) is 11.5 Å². The van der Waals surface area contributed by atoms with Crippen LogP contribution in [0.4, 0.5) is 10.6 Å². The number of imidazole rings is 1. The van der Waals surface area contributed by atoms with Gasteiger partial charge in [0.15, 0.2) is 18.5 Å². The summed E-state index contributed by atoms with van der Waals surface area (Å²) in [6.07, 6.45) is 4.60. The first-order valence-corrected chi connectivity index (χ1v) is 16.9. The number of imide groups is 1. The predicted molar refractivity (Wildman–Crippen MR) is 170 cm³/mol. The van der Waals surface area contributed by atoms with Crippen molar-refractivity contribution in [1.82, 2.24) is 9.55 Å². The molecular formula is C32H39N4O11S+. The van der Waals surface area contributed by atoms with E-state index in [1.807, 2.05) is 6.92 Å². The number of hydrogen-bond acceptors (Lipinski definition) is 9. The van der Waals surface area contributed by atoms with E-state index in [4.69, 9.17) is 14.6 Å². The van der Waals surface area contributed by atoms with Crippen LogP contribution in [0.2, 0.25) is 0 Å². The number of ether oxygens (including phenoxy) is 2. The first-order valence-electron chi connectivity index (χ1n) is 15.4. The molecule has 15 nitrogen and oxygen atoms in total. The van der Waals surface area contributed by atoms with Gasteiger partial charge >= 0.3 is 18.0 Å². The third kappa shape index (κ3) is 8.37. The van der Waals surface area contributed by atoms with Crippen LogP contribution in [0, 0.1) is 0 Å². The molecular weight excluding hydrogens is 648 g/mol. The minimum absolute atomic E-state index is 0.00941. The van der Waals surface area contributed by atoms with E-state index in [1.54, 1.807) is 19.1 Å². The number of aromatic nitrogens is 2. The number of quaternary nitrogens is 1. The molecule has 0 aliphatic carbocycles. The monoisotopic (exact) mass is 687 g/mol. The molecule has 4 atom stereocenters. The molecule has 1 aliphatic rings. The Kier molecular flexibility index (Phi) is 11.6. The van der Waals surface area contributed by atoms with E-state index < -0.39 is 68.2 Å². The molecule has 0 spiro atoms. The standard InChI is InChI=1S/C32H38N4O11S/c1-3-4-5-6-10-26(35-17-28(33-20-35)34-30(39)25-9-7-8-11-27(25)48(43,44)45)31(40)36(32(41)42)18-24(16-21(36)2)47-23-14-12-22(13-15-23)46-19-29(37)38/h7-9,11-15,17,20-21,24,26H,3-6,10,16,18-19H2,1-2H3,(H3-,34,37,38,39,41,42,43,44,45)/p+1/t21-,24-,26?,36-/m1/s1. The molecule has 0 saturated carbocycles. The highest BCUT2D eigenvalue weighted by Crippen LogP contribution is 2.36. The third-order valence-electron chi connectivity index (χ3n) is 8.30. The molecule has 1 aliphatic heterocycles. The van der Waals surface area contributed by atoms with Crippen LogP contribution >= 0.6 is 0 Å². The van der Waals surface area contributed by atoms with E-state index in [9.17, 15) is 37.3 Å². The first kappa shape index (κ1) is 36.0. The lowest BCUT2D eigenvalue weighted by molar-refractivity contribution is -0.795. The fourth-order valence-corrected chi connectivity index (χ4v) is 6.60. The van der Waals surface area contributed by atoms with E-state index in [0.717, 1.165) is 25.3 Å². The number of unbranched alkanes of at least 4 members (excludes halogenated alkanes) is 3. The van der Waals surface area contributed by atoms with Crippen molar-refractivity contribution in [3.63, 3.8) is 0 Å². The number of hydrogen-bond donors (Lipinski definition) is 4. The van der Waals surface area contributed by atoms with E-state index >= 15 is 0 Å². The number of likely N-dealkylation sites (tertiary alicyclic amines) is 1. The maximum atomic E-state index is 14.4. The Bertz CT molecular complexity index is 1740. The van der Waals surface area contributed by atoms with Gasteiger partial charge in [0.1, 0.15) is 35.0 Å². The molecule has 16 heteroatoms. The molecule has 1 saturated heterocycles. The largest absolute Gasteiger partial charge is 0.521 e. The van der Waals surface area contributed by atoms with Gasteiger partial charge in [0, 0.05) is 12.6 Å². The molecule has 1 fully saturated rings. The molecule has 3 aromatic rings. The van der Waals surface area contributed by atoms with Crippen LogP contribution in [0.3, 0.4) is 0 Å².